The van der Waals surface area contributed by atoms with E-state index < -0.39 is 23.8 Å². The second-order valence-corrected chi connectivity index (χ2v) is 12.7. The van der Waals surface area contributed by atoms with Crippen LogP contribution in [0.15, 0.2) is 77.8 Å². The van der Waals surface area contributed by atoms with E-state index in [1.165, 1.54) is 36.5 Å². The smallest absolute Gasteiger partial charge is 0.490 e. The van der Waals surface area contributed by atoms with Crippen LogP contribution in [-0.2, 0) is 26.7 Å². The first-order valence-corrected chi connectivity index (χ1v) is 16.4. The number of benzene rings is 3. The van der Waals surface area contributed by atoms with Crippen LogP contribution in [0.2, 0.25) is 0 Å². The van der Waals surface area contributed by atoms with Crippen LogP contribution in [0.1, 0.15) is 51.2 Å². The summed E-state index contributed by atoms with van der Waals surface area (Å²) in [5.74, 6) is -6.26. The van der Waals surface area contributed by atoms with Crippen molar-refractivity contribution >= 4 is 40.2 Å². The highest BCUT2D eigenvalue weighted by Gasteiger charge is 2.54. The van der Waals surface area contributed by atoms with Gasteiger partial charge in [0.15, 0.2) is 11.5 Å². The van der Waals surface area contributed by atoms with Crippen molar-refractivity contribution in [2.45, 2.75) is 74.8 Å². The molecule has 3 N–H and O–H groups in total. The van der Waals surface area contributed by atoms with Crippen molar-refractivity contribution in [3.05, 3.63) is 84.1 Å². The van der Waals surface area contributed by atoms with Crippen molar-refractivity contribution in [1.82, 2.24) is 10.3 Å². The molecule has 5 rings (SSSR count). The summed E-state index contributed by atoms with van der Waals surface area (Å²) in [6.45, 7) is 5.37. The third-order valence-electron chi connectivity index (χ3n) is 7.54. The van der Waals surface area contributed by atoms with E-state index in [1.54, 1.807) is 50.7 Å². The second-order valence-electron chi connectivity index (χ2n) is 11.4. The first-order chi connectivity index (χ1) is 22.9. The lowest BCUT2D eigenvalue weighted by atomic mass is 10.00. The van der Waals surface area contributed by atoms with Crippen molar-refractivity contribution in [3.63, 3.8) is 0 Å². The zero-order chi connectivity index (χ0) is 34.5. The molecule has 0 saturated heterocycles. The average molecular weight is 684 g/mol. The Morgan fingerprint density at radius 3 is 2.50 bits per heavy atom. The number of alkyl halides is 3. The maximum Gasteiger partial charge on any atom is 0.491 e. The summed E-state index contributed by atoms with van der Waals surface area (Å²) >= 11 is 1.68. The maximum absolute atomic E-state index is 14.4. The van der Waals surface area contributed by atoms with E-state index in [9.17, 15) is 22.8 Å². The number of thioether (sulfide) groups is 1. The summed E-state index contributed by atoms with van der Waals surface area (Å²) in [7, 11) is 0. The summed E-state index contributed by atoms with van der Waals surface area (Å²) in [6.07, 6.45) is -1.01. The Bertz CT molecular complexity index is 1780. The Morgan fingerprint density at radius 1 is 1.04 bits per heavy atom. The number of carbonyl (C=O) groups excluding carboxylic acids is 2. The number of nitrogen functional groups attached to an aromatic ring is 1. The fourth-order valence-corrected chi connectivity index (χ4v) is 6.39. The molecule has 1 atom stereocenters. The lowest BCUT2D eigenvalue weighted by Gasteiger charge is -2.33. The van der Waals surface area contributed by atoms with Crippen LogP contribution in [-0.4, -0.2) is 41.0 Å². The molecule has 1 amide bonds. The minimum Gasteiger partial charge on any atom is -0.490 e. The number of carbonyl (C=O) groups is 2. The van der Waals surface area contributed by atoms with Gasteiger partial charge >= 0.3 is 23.8 Å². The van der Waals surface area contributed by atoms with Crippen LogP contribution in [0.4, 0.5) is 19.0 Å². The molecular formula is C35H36F3N3O6S. The number of aromatic nitrogens is 1. The Morgan fingerprint density at radius 2 is 1.81 bits per heavy atom. The number of amides is 1. The van der Waals surface area contributed by atoms with Crippen molar-refractivity contribution in [3.8, 4) is 17.2 Å². The minimum atomic E-state index is -5.46. The Balaban J connectivity index is 1.62. The fraction of sp³-hybridized carbons (Fsp3) is 0.343. The number of nitrogens with zero attached hydrogens (tertiary/aromatic N) is 1. The Kier molecular flexibility index (Phi) is 10.6. The Hall–Kier alpha value is -4.65. The number of hydrogen-bond acceptors (Lipinski definition) is 9. The summed E-state index contributed by atoms with van der Waals surface area (Å²) in [5.41, 5.74) is 6.48. The molecule has 1 aromatic heterocycles. The molecule has 0 radical (unpaired) electrons. The highest BCUT2D eigenvalue weighted by atomic mass is 32.2. The molecule has 13 heteroatoms. The van der Waals surface area contributed by atoms with Crippen molar-refractivity contribution in [2.24, 2.45) is 0 Å². The first kappa shape index (κ1) is 34.7. The predicted molar refractivity (Wildman–Crippen MR) is 176 cm³/mol. The average Bonchev–Trinajstić information content (AvgIpc) is 3.02. The van der Waals surface area contributed by atoms with E-state index in [0.717, 1.165) is 29.7 Å². The topological polar surface area (TPSA) is 122 Å². The highest BCUT2D eigenvalue weighted by molar-refractivity contribution is 8.00. The van der Waals surface area contributed by atoms with Gasteiger partial charge in [-0.3, -0.25) is 4.79 Å². The van der Waals surface area contributed by atoms with Gasteiger partial charge in [0.25, 0.3) is 0 Å². The zero-order valence-corrected chi connectivity index (χ0v) is 27.5. The molecule has 1 saturated carbocycles. The summed E-state index contributed by atoms with van der Waals surface area (Å²) in [4.78, 5) is 32.0. The van der Waals surface area contributed by atoms with Gasteiger partial charge in [0, 0.05) is 28.3 Å². The normalized spacial score (nSPS) is 14.6. The van der Waals surface area contributed by atoms with Crippen molar-refractivity contribution in [2.75, 3.05) is 12.3 Å². The third-order valence-corrected chi connectivity index (χ3v) is 9.00. The highest BCUT2D eigenvalue weighted by Crippen LogP contribution is 2.40. The van der Waals surface area contributed by atoms with Crippen LogP contribution in [0.5, 0.6) is 17.2 Å². The van der Waals surface area contributed by atoms with E-state index in [-0.39, 0.29) is 47.9 Å². The minimum absolute atomic E-state index is 0.0837. The molecule has 1 unspecified atom stereocenters. The summed E-state index contributed by atoms with van der Waals surface area (Å²) in [6, 6.07) is 17.4. The number of pyridine rings is 1. The zero-order valence-electron chi connectivity index (χ0n) is 26.6. The number of ether oxygens (including phenoxy) is 4. The molecule has 1 aliphatic rings. The van der Waals surface area contributed by atoms with Crippen LogP contribution >= 0.6 is 11.8 Å². The molecule has 48 heavy (non-hydrogen) atoms. The Labute approximate surface area is 280 Å². The molecule has 254 valence electrons. The quantitative estimate of drug-likeness (QED) is 0.110. The fourth-order valence-electron chi connectivity index (χ4n) is 5.02. The molecule has 0 spiro atoms. The monoisotopic (exact) mass is 683 g/mol. The van der Waals surface area contributed by atoms with E-state index in [1.807, 2.05) is 18.2 Å². The largest absolute Gasteiger partial charge is 0.491 e. The van der Waals surface area contributed by atoms with Crippen LogP contribution < -0.4 is 25.3 Å². The number of esters is 1. The predicted octanol–water partition coefficient (Wildman–Crippen LogP) is 7.30. The molecular weight excluding hydrogens is 647 g/mol. The summed E-state index contributed by atoms with van der Waals surface area (Å²) < 4.78 is 64.5. The first-order valence-electron chi connectivity index (χ1n) is 15.5. The molecule has 1 aliphatic carbocycles. The lowest BCUT2D eigenvalue weighted by molar-refractivity contribution is -0.241. The molecule has 1 heterocycles. The standard InChI is InChI=1S/C35H36F3N3O6S/c1-4-44-29-19-24(12-15-28(29)45-21(2)3)34(47-33(43)35(36,37)38,46-25-13-14-27-22(18-25)16-17-40-31(27)39)32(42)41-20-23-8-5-6-11-30(23)48-26-9-7-10-26/h5-6,8,11-19,21,26H,4,7,9-10,20H2,1-3H3,(H2,39,40)(H,41,42). The van der Waals surface area contributed by atoms with Gasteiger partial charge in [-0.15, -0.1) is 11.8 Å². The molecule has 0 bridgehead atoms. The number of rotatable bonds is 13. The van der Waals surface area contributed by atoms with Crippen LogP contribution in [0, 0.1) is 0 Å². The van der Waals surface area contributed by atoms with Gasteiger partial charge in [-0.2, -0.15) is 13.2 Å². The van der Waals surface area contributed by atoms with Crippen LogP contribution in [0.25, 0.3) is 10.8 Å². The van der Waals surface area contributed by atoms with Gasteiger partial charge < -0.3 is 30.0 Å². The third kappa shape index (κ3) is 7.89. The van der Waals surface area contributed by atoms with Gasteiger partial charge in [-0.05, 0) is 93.1 Å². The number of halogens is 3. The van der Waals surface area contributed by atoms with Gasteiger partial charge in [0.05, 0.1) is 18.3 Å². The van der Waals surface area contributed by atoms with Gasteiger partial charge in [0.2, 0.25) is 0 Å². The number of nitrogens with two attached hydrogens (primary N) is 1. The molecule has 4 aromatic rings. The van der Waals surface area contributed by atoms with E-state index >= 15 is 0 Å². The van der Waals surface area contributed by atoms with E-state index in [2.05, 4.69) is 10.3 Å². The molecule has 3 aromatic carbocycles. The van der Waals surface area contributed by atoms with Crippen molar-refractivity contribution in [1.29, 1.82) is 0 Å². The van der Waals surface area contributed by atoms with Gasteiger partial charge in [0.1, 0.15) is 11.6 Å². The van der Waals surface area contributed by atoms with Crippen LogP contribution in [0.3, 0.4) is 0 Å². The molecule has 0 aliphatic heterocycles. The molecule has 1 fully saturated rings. The SMILES string of the molecule is CCOc1cc(C(OC(=O)C(F)(F)F)(Oc2ccc3c(N)nccc3c2)C(=O)NCc2ccccc2SC2CCC2)ccc1OC(C)C. The number of fused-ring (bicyclic) bond motifs is 1. The number of nitrogens with one attached hydrogen (secondary N) is 1. The van der Waals surface area contributed by atoms with E-state index in [0.29, 0.717) is 16.0 Å². The summed E-state index contributed by atoms with van der Waals surface area (Å²) in [5, 5.41) is 4.19. The van der Waals surface area contributed by atoms with Gasteiger partial charge in [-0.25, -0.2) is 9.78 Å². The lowest BCUT2D eigenvalue weighted by Crippen LogP contribution is -2.53. The molecule has 9 nitrogen and oxygen atoms in total. The van der Waals surface area contributed by atoms with Gasteiger partial charge in [-0.1, -0.05) is 24.6 Å². The second kappa shape index (κ2) is 14.6. The van der Waals surface area contributed by atoms with Crippen molar-refractivity contribution < 1.29 is 41.7 Å². The van der Waals surface area contributed by atoms with E-state index in [4.69, 9.17) is 24.7 Å². The number of hydrogen-bond donors (Lipinski definition) is 2. The maximum atomic E-state index is 14.4. The number of anilines is 1.